The minimum Gasteiger partial charge on any atom is -0.0888 e. The van der Waals surface area contributed by atoms with Crippen LogP contribution in [-0.2, 0) is 0 Å². The van der Waals surface area contributed by atoms with Crippen molar-refractivity contribution >= 4 is 15.9 Å². The lowest BCUT2D eigenvalue weighted by Gasteiger charge is -2.26. The van der Waals surface area contributed by atoms with Gasteiger partial charge in [0.25, 0.3) is 0 Å². The lowest BCUT2D eigenvalue weighted by Crippen LogP contribution is -2.18. The second kappa shape index (κ2) is 4.55. The normalized spacial score (nSPS) is 40.1. The lowest BCUT2D eigenvalue weighted by molar-refractivity contribution is 0.272. The van der Waals surface area contributed by atoms with Crippen LogP contribution in [-0.4, -0.2) is 4.83 Å². The highest BCUT2D eigenvalue weighted by Crippen LogP contribution is 2.50. The summed E-state index contributed by atoms with van der Waals surface area (Å²) in [7, 11) is 0. The molecule has 2 saturated carbocycles. The van der Waals surface area contributed by atoms with E-state index in [1.807, 2.05) is 0 Å². The van der Waals surface area contributed by atoms with E-state index in [1.54, 1.807) is 25.7 Å². The van der Waals surface area contributed by atoms with Crippen molar-refractivity contribution < 1.29 is 0 Å². The summed E-state index contributed by atoms with van der Waals surface area (Å²) in [4.78, 5) is 0.752. The summed E-state index contributed by atoms with van der Waals surface area (Å²) in [5.74, 6) is 4.19. The second-order valence-electron chi connectivity index (χ2n) is 5.57. The Morgan fingerprint density at radius 2 is 2.07 bits per heavy atom. The Morgan fingerprint density at radius 1 is 1.29 bits per heavy atom. The van der Waals surface area contributed by atoms with Gasteiger partial charge in [0.05, 0.1) is 0 Å². The van der Waals surface area contributed by atoms with Crippen LogP contribution < -0.4 is 0 Å². The van der Waals surface area contributed by atoms with Gasteiger partial charge >= 0.3 is 0 Å². The first-order chi connectivity index (χ1) is 6.70. The van der Waals surface area contributed by atoms with Crippen LogP contribution in [0.15, 0.2) is 0 Å². The third-order valence-corrected chi connectivity index (χ3v) is 6.12. The SMILES string of the molecule is CCC(Br)C(C)CC1CC2CCC1C2. The van der Waals surface area contributed by atoms with Gasteiger partial charge in [-0.05, 0) is 55.8 Å². The first-order valence-electron chi connectivity index (χ1n) is 6.34. The van der Waals surface area contributed by atoms with E-state index in [2.05, 4.69) is 29.8 Å². The van der Waals surface area contributed by atoms with Gasteiger partial charge in [0, 0.05) is 4.83 Å². The monoisotopic (exact) mass is 258 g/mol. The molecule has 2 aliphatic carbocycles. The Labute approximate surface area is 97.0 Å². The van der Waals surface area contributed by atoms with Crippen molar-refractivity contribution in [2.75, 3.05) is 0 Å². The standard InChI is InChI=1S/C13H23Br/c1-3-13(14)9(2)6-12-8-10-4-5-11(12)7-10/h9-13H,3-8H2,1-2H3. The number of hydrogen-bond acceptors (Lipinski definition) is 0. The van der Waals surface area contributed by atoms with Gasteiger partial charge in [0.1, 0.15) is 0 Å². The maximum Gasteiger partial charge on any atom is 0.0168 e. The fourth-order valence-corrected chi connectivity index (χ4v) is 3.91. The highest BCUT2D eigenvalue weighted by atomic mass is 79.9. The molecular formula is C13H23Br. The quantitative estimate of drug-likeness (QED) is 0.646. The summed E-state index contributed by atoms with van der Waals surface area (Å²) >= 11 is 3.80. The predicted molar refractivity (Wildman–Crippen MR) is 65.7 cm³/mol. The van der Waals surface area contributed by atoms with Crippen LogP contribution >= 0.6 is 15.9 Å². The van der Waals surface area contributed by atoms with Crippen molar-refractivity contribution in [1.82, 2.24) is 0 Å². The number of halogens is 1. The molecule has 0 aliphatic heterocycles. The van der Waals surface area contributed by atoms with Crippen molar-refractivity contribution in [2.24, 2.45) is 23.7 Å². The van der Waals surface area contributed by atoms with E-state index in [4.69, 9.17) is 0 Å². The molecule has 0 saturated heterocycles. The van der Waals surface area contributed by atoms with Crippen LogP contribution in [0.1, 0.15) is 52.4 Å². The Hall–Kier alpha value is 0.480. The fraction of sp³-hybridized carbons (Fsp3) is 1.00. The molecule has 82 valence electrons. The third kappa shape index (κ3) is 2.18. The van der Waals surface area contributed by atoms with Crippen molar-refractivity contribution in [1.29, 1.82) is 0 Å². The van der Waals surface area contributed by atoms with Gasteiger partial charge in [0.15, 0.2) is 0 Å². The molecule has 2 aliphatic rings. The number of fused-ring (bicyclic) bond motifs is 2. The summed E-state index contributed by atoms with van der Waals surface area (Å²) in [5.41, 5.74) is 0. The molecule has 2 fully saturated rings. The van der Waals surface area contributed by atoms with Gasteiger partial charge in [0.2, 0.25) is 0 Å². The molecule has 14 heavy (non-hydrogen) atoms. The predicted octanol–water partition coefficient (Wildman–Crippen LogP) is 4.62. The molecule has 5 unspecified atom stereocenters. The van der Waals surface area contributed by atoms with Gasteiger partial charge in [-0.3, -0.25) is 0 Å². The van der Waals surface area contributed by atoms with Gasteiger partial charge in [-0.25, -0.2) is 0 Å². The molecule has 0 nitrogen and oxygen atoms in total. The van der Waals surface area contributed by atoms with E-state index < -0.39 is 0 Å². The number of alkyl halides is 1. The van der Waals surface area contributed by atoms with Crippen LogP contribution in [0.2, 0.25) is 0 Å². The summed E-state index contributed by atoms with van der Waals surface area (Å²) in [6.45, 7) is 4.71. The minimum atomic E-state index is 0.752. The maximum absolute atomic E-state index is 3.80. The molecule has 1 heteroatoms. The second-order valence-corrected chi connectivity index (χ2v) is 6.75. The summed E-state index contributed by atoms with van der Waals surface area (Å²) in [6.07, 6.45) is 8.96. The topological polar surface area (TPSA) is 0 Å². The average Bonchev–Trinajstić information content (AvgIpc) is 2.77. The van der Waals surface area contributed by atoms with Crippen molar-refractivity contribution in [3.05, 3.63) is 0 Å². The summed E-state index contributed by atoms with van der Waals surface area (Å²) in [5, 5.41) is 0. The summed E-state index contributed by atoms with van der Waals surface area (Å²) in [6, 6.07) is 0. The molecule has 0 spiro atoms. The van der Waals surface area contributed by atoms with Gasteiger partial charge < -0.3 is 0 Å². The Bertz CT molecular complexity index is 190. The lowest BCUT2D eigenvalue weighted by atomic mass is 9.81. The third-order valence-electron chi connectivity index (χ3n) is 4.57. The fourth-order valence-electron chi connectivity index (χ4n) is 3.69. The molecule has 2 bridgehead atoms. The maximum atomic E-state index is 3.80. The van der Waals surface area contributed by atoms with Gasteiger partial charge in [-0.1, -0.05) is 36.2 Å². The highest BCUT2D eigenvalue weighted by Gasteiger charge is 2.39. The first-order valence-corrected chi connectivity index (χ1v) is 7.26. The zero-order valence-electron chi connectivity index (χ0n) is 9.51. The smallest absolute Gasteiger partial charge is 0.0168 e. The van der Waals surface area contributed by atoms with E-state index in [1.165, 1.54) is 12.8 Å². The average molecular weight is 259 g/mol. The van der Waals surface area contributed by atoms with Gasteiger partial charge in [-0.2, -0.15) is 0 Å². The van der Waals surface area contributed by atoms with E-state index in [0.717, 1.165) is 28.5 Å². The van der Waals surface area contributed by atoms with Crippen LogP contribution in [0, 0.1) is 23.7 Å². The molecule has 5 atom stereocenters. The van der Waals surface area contributed by atoms with E-state index in [-0.39, 0.29) is 0 Å². The zero-order valence-corrected chi connectivity index (χ0v) is 11.1. The first kappa shape index (κ1) is 11.0. The van der Waals surface area contributed by atoms with E-state index >= 15 is 0 Å². The summed E-state index contributed by atoms with van der Waals surface area (Å²) < 4.78 is 0. The molecule has 2 rings (SSSR count). The minimum absolute atomic E-state index is 0.752. The molecule has 0 radical (unpaired) electrons. The van der Waals surface area contributed by atoms with Crippen LogP contribution in [0.25, 0.3) is 0 Å². The molecule has 0 amide bonds. The van der Waals surface area contributed by atoms with Crippen molar-refractivity contribution in [3.8, 4) is 0 Å². The largest absolute Gasteiger partial charge is 0.0888 e. The molecule has 0 heterocycles. The van der Waals surface area contributed by atoms with E-state index in [0.29, 0.717) is 0 Å². The highest BCUT2D eigenvalue weighted by molar-refractivity contribution is 9.09. The van der Waals surface area contributed by atoms with Crippen molar-refractivity contribution in [2.45, 2.75) is 57.2 Å². The van der Waals surface area contributed by atoms with Crippen LogP contribution in [0.4, 0.5) is 0 Å². The van der Waals surface area contributed by atoms with Crippen LogP contribution in [0.3, 0.4) is 0 Å². The molecular weight excluding hydrogens is 236 g/mol. The van der Waals surface area contributed by atoms with Crippen molar-refractivity contribution in [3.63, 3.8) is 0 Å². The Kier molecular flexibility index (Phi) is 3.57. The number of hydrogen-bond donors (Lipinski definition) is 0. The zero-order chi connectivity index (χ0) is 10.1. The van der Waals surface area contributed by atoms with Crippen LogP contribution in [0.5, 0.6) is 0 Å². The van der Waals surface area contributed by atoms with E-state index in [9.17, 15) is 0 Å². The Morgan fingerprint density at radius 3 is 2.57 bits per heavy atom. The Balaban J connectivity index is 1.80. The molecule has 0 aromatic heterocycles. The molecule has 0 aromatic carbocycles. The number of rotatable bonds is 4. The molecule has 0 aromatic rings. The molecule has 0 N–H and O–H groups in total. The van der Waals surface area contributed by atoms with Gasteiger partial charge in [-0.15, -0.1) is 0 Å².